The van der Waals surface area contributed by atoms with Crippen molar-refractivity contribution < 1.29 is 13.9 Å². The van der Waals surface area contributed by atoms with Crippen molar-refractivity contribution >= 4 is 17.4 Å². The molecule has 1 unspecified atom stereocenters. The van der Waals surface area contributed by atoms with Crippen molar-refractivity contribution in [3.63, 3.8) is 0 Å². The maximum absolute atomic E-state index is 13.9. The Balaban J connectivity index is 1.49. The van der Waals surface area contributed by atoms with Gasteiger partial charge in [-0.15, -0.1) is 0 Å². The number of benzene rings is 2. The number of para-hydroxylation sites is 1. The van der Waals surface area contributed by atoms with Gasteiger partial charge in [0.1, 0.15) is 5.75 Å². The lowest BCUT2D eigenvalue weighted by Crippen LogP contribution is -2.41. The van der Waals surface area contributed by atoms with E-state index in [-0.39, 0.29) is 29.0 Å². The summed E-state index contributed by atoms with van der Waals surface area (Å²) in [7, 11) is 0. The summed E-state index contributed by atoms with van der Waals surface area (Å²) < 4.78 is 19.6. The molecule has 35 heavy (non-hydrogen) atoms. The van der Waals surface area contributed by atoms with E-state index in [1.807, 2.05) is 0 Å². The molecule has 3 aromatic rings. The van der Waals surface area contributed by atoms with E-state index in [9.17, 15) is 14.0 Å². The Morgan fingerprint density at radius 1 is 1.23 bits per heavy atom. The molecule has 3 heterocycles. The summed E-state index contributed by atoms with van der Waals surface area (Å²) >= 11 is 0. The first-order valence-electron chi connectivity index (χ1n) is 11.4. The van der Waals surface area contributed by atoms with Gasteiger partial charge >= 0.3 is 0 Å². The molecule has 5 rings (SSSR count). The molecule has 178 valence electrons. The second-order valence-corrected chi connectivity index (χ2v) is 8.60. The van der Waals surface area contributed by atoms with Gasteiger partial charge in [-0.05, 0) is 55.3 Å². The van der Waals surface area contributed by atoms with E-state index in [0.717, 1.165) is 18.4 Å². The van der Waals surface area contributed by atoms with E-state index >= 15 is 0 Å². The lowest BCUT2D eigenvalue weighted by Gasteiger charge is -2.34. The van der Waals surface area contributed by atoms with E-state index in [1.54, 1.807) is 47.4 Å². The van der Waals surface area contributed by atoms with Gasteiger partial charge in [0, 0.05) is 24.6 Å². The molecule has 0 saturated carbocycles. The van der Waals surface area contributed by atoms with Crippen molar-refractivity contribution in [3.05, 3.63) is 94.0 Å². The van der Waals surface area contributed by atoms with Gasteiger partial charge in [0.05, 0.1) is 22.9 Å². The summed E-state index contributed by atoms with van der Waals surface area (Å²) in [5, 5.41) is 6.43. The molecule has 2 aliphatic heterocycles. The second-order valence-electron chi connectivity index (χ2n) is 8.60. The molecule has 0 radical (unpaired) electrons. The van der Waals surface area contributed by atoms with Crippen molar-refractivity contribution in [2.45, 2.75) is 18.9 Å². The van der Waals surface area contributed by atoms with Gasteiger partial charge in [0.15, 0.2) is 17.4 Å². The number of nitrogens with one attached hydrogen (secondary N) is 1. The number of nitrogen functional groups attached to an aromatic ring is 1. The minimum absolute atomic E-state index is 0.0459. The monoisotopic (exact) mass is 473 g/mol. The van der Waals surface area contributed by atoms with Gasteiger partial charge < -0.3 is 15.4 Å². The average Bonchev–Trinajstić information content (AvgIpc) is 3.30. The van der Waals surface area contributed by atoms with E-state index in [0.29, 0.717) is 35.7 Å². The van der Waals surface area contributed by atoms with Crippen molar-refractivity contribution in [1.82, 2.24) is 15.1 Å². The van der Waals surface area contributed by atoms with E-state index in [2.05, 4.69) is 16.8 Å². The molecular formula is C26H24FN5O3. The number of amides is 1. The largest absolute Gasteiger partial charge is 0.454 e. The fraction of sp³-hybridized carbons (Fsp3) is 0.231. The highest BCUT2D eigenvalue weighted by atomic mass is 19.1. The predicted molar refractivity (Wildman–Crippen MR) is 130 cm³/mol. The standard InChI is InChI=1S/C26H24FN5O3/c1-2-20(33)32-13-5-6-16(14-32)24-22-21(25(28)30-31-26(22)34)23(29-24)15-9-11-17(12-10-15)35-19-8-4-3-7-18(19)27/h2-4,7-12,16,24H,1,5-6,13-14H2,(H2,28,30)(H,31,34)/t16-,24?/m1/s1. The fourth-order valence-electron chi connectivity index (χ4n) is 4.77. The van der Waals surface area contributed by atoms with Crippen LogP contribution in [0.1, 0.15) is 35.6 Å². The van der Waals surface area contributed by atoms with Crippen molar-refractivity contribution in [2.24, 2.45) is 10.9 Å². The van der Waals surface area contributed by atoms with Crippen LogP contribution in [-0.4, -0.2) is 39.8 Å². The smallest absolute Gasteiger partial charge is 0.270 e. The zero-order chi connectivity index (χ0) is 24.5. The lowest BCUT2D eigenvalue weighted by molar-refractivity contribution is -0.127. The Labute approximate surface area is 200 Å². The lowest BCUT2D eigenvalue weighted by atomic mass is 9.86. The Hall–Kier alpha value is -4.27. The number of carbonyl (C=O) groups excluding carboxylic acids is 1. The molecule has 1 aromatic heterocycles. The number of halogens is 1. The molecule has 0 bridgehead atoms. The number of fused-ring (bicyclic) bond motifs is 1. The van der Waals surface area contributed by atoms with Gasteiger partial charge in [0.2, 0.25) is 5.91 Å². The molecule has 0 aliphatic carbocycles. The third kappa shape index (κ3) is 4.21. The van der Waals surface area contributed by atoms with Gasteiger partial charge in [-0.25, -0.2) is 9.49 Å². The van der Waals surface area contributed by atoms with E-state index in [1.165, 1.54) is 12.1 Å². The average molecular weight is 474 g/mol. The van der Waals surface area contributed by atoms with Crippen LogP contribution >= 0.6 is 0 Å². The Morgan fingerprint density at radius 2 is 2.00 bits per heavy atom. The van der Waals surface area contributed by atoms with E-state index in [4.69, 9.17) is 15.5 Å². The summed E-state index contributed by atoms with van der Waals surface area (Å²) in [6, 6.07) is 12.7. The molecule has 1 saturated heterocycles. The summed E-state index contributed by atoms with van der Waals surface area (Å²) in [6.45, 7) is 4.70. The van der Waals surface area contributed by atoms with Crippen LogP contribution in [-0.2, 0) is 4.79 Å². The van der Waals surface area contributed by atoms with Gasteiger partial charge in [-0.1, -0.05) is 18.7 Å². The molecule has 2 aromatic carbocycles. The summed E-state index contributed by atoms with van der Waals surface area (Å²) in [5.74, 6) is 0.128. The normalized spacial score (nSPS) is 19.1. The molecule has 2 atom stereocenters. The number of nitrogens with two attached hydrogens (primary N) is 1. The minimum Gasteiger partial charge on any atom is -0.454 e. The number of nitrogens with zero attached hydrogens (tertiary/aromatic N) is 3. The maximum Gasteiger partial charge on any atom is 0.270 e. The number of ether oxygens (including phenoxy) is 1. The number of likely N-dealkylation sites (tertiary alicyclic amines) is 1. The highest BCUT2D eigenvalue weighted by molar-refractivity contribution is 6.17. The SMILES string of the molecule is C=CC(=O)N1CCC[C@@H](C2N=C(c3ccc(Oc4ccccc4F)cc3)c3c(N)n[nH]c(=O)c32)C1. The quantitative estimate of drug-likeness (QED) is 0.550. The first-order chi connectivity index (χ1) is 17.0. The van der Waals surface area contributed by atoms with Crippen LogP contribution in [0.4, 0.5) is 10.2 Å². The summed E-state index contributed by atoms with van der Waals surface area (Å²) in [4.78, 5) is 31.7. The Bertz CT molecular complexity index is 1380. The number of aromatic nitrogens is 2. The fourth-order valence-corrected chi connectivity index (χ4v) is 4.77. The highest BCUT2D eigenvalue weighted by Crippen LogP contribution is 2.40. The van der Waals surface area contributed by atoms with Crippen LogP contribution in [0.5, 0.6) is 11.5 Å². The number of aliphatic imine (C=N–C) groups is 1. The number of piperidine rings is 1. The zero-order valence-corrected chi connectivity index (χ0v) is 18.9. The number of H-pyrrole nitrogens is 1. The van der Waals surface area contributed by atoms with Crippen LogP contribution in [0.15, 0.2) is 71.0 Å². The minimum atomic E-state index is -0.456. The molecule has 1 amide bonds. The number of anilines is 1. The van der Waals surface area contributed by atoms with Crippen LogP contribution in [0, 0.1) is 11.7 Å². The number of hydrogen-bond acceptors (Lipinski definition) is 6. The molecule has 0 spiro atoms. The third-order valence-corrected chi connectivity index (χ3v) is 6.43. The van der Waals surface area contributed by atoms with Crippen molar-refractivity contribution in [1.29, 1.82) is 0 Å². The molecule has 9 heteroatoms. The maximum atomic E-state index is 13.9. The van der Waals surface area contributed by atoms with Crippen LogP contribution in [0.3, 0.4) is 0 Å². The second kappa shape index (κ2) is 9.17. The van der Waals surface area contributed by atoms with Crippen molar-refractivity contribution in [3.8, 4) is 11.5 Å². The van der Waals surface area contributed by atoms with Gasteiger partial charge in [0.25, 0.3) is 5.56 Å². The first kappa shape index (κ1) is 22.5. The Morgan fingerprint density at radius 3 is 2.74 bits per heavy atom. The number of hydrogen-bond donors (Lipinski definition) is 2. The van der Waals surface area contributed by atoms with Gasteiger partial charge in [-0.2, -0.15) is 5.10 Å². The van der Waals surface area contributed by atoms with E-state index < -0.39 is 11.9 Å². The van der Waals surface area contributed by atoms with Gasteiger partial charge in [-0.3, -0.25) is 14.6 Å². The number of carbonyl (C=O) groups is 1. The van der Waals surface area contributed by atoms with Crippen LogP contribution in [0.25, 0.3) is 0 Å². The summed E-state index contributed by atoms with van der Waals surface area (Å²) in [5.41, 5.74) is 8.12. The third-order valence-electron chi connectivity index (χ3n) is 6.43. The summed E-state index contributed by atoms with van der Waals surface area (Å²) in [6.07, 6.45) is 2.93. The van der Waals surface area contributed by atoms with Crippen molar-refractivity contribution in [2.75, 3.05) is 18.8 Å². The number of rotatable bonds is 5. The topological polar surface area (TPSA) is 114 Å². The highest BCUT2D eigenvalue weighted by Gasteiger charge is 2.38. The Kier molecular flexibility index (Phi) is 5.90. The molecule has 8 nitrogen and oxygen atoms in total. The molecule has 3 N–H and O–H groups in total. The predicted octanol–water partition coefficient (Wildman–Crippen LogP) is 3.60. The first-order valence-corrected chi connectivity index (χ1v) is 11.4. The molecular weight excluding hydrogens is 449 g/mol. The van der Waals surface area contributed by atoms with Crippen LogP contribution < -0.4 is 16.0 Å². The van der Waals surface area contributed by atoms with Crippen LogP contribution in [0.2, 0.25) is 0 Å². The zero-order valence-electron chi connectivity index (χ0n) is 18.9. The molecule has 2 aliphatic rings. The number of aromatic amines is 1. The molecule has 1 fully saturated rings.